The van der Waals surface area contributed by atoms with Crippen molar-refractivity contribution in [1.82, 2.24) is 9.80 Å². The Morgan fingerprint density at radius 3 is 2.66 bits per heavy atom. The Hall–Kier alpha value is -1.67. The maximum Gasteiger partial charge on any atom is 0.253 e. The summed E-state index contributed by atoms with van der Waals surface area (Å²) in [7, 11) is 1.72. The first-order chi connectivity index (χ1) is 15.4. The summed E-state index contributed by atoms with van der Waals surface area (Å²) in [5, 5.41) is 0. The number of aryl methyl sites for hydroxylation is 1. The molecule has 0 aliphatic carbocycles. The van der Waals surface area contributed by atoms with Crippen molar-refractivity contribution >= 4 is 5.91 Å². The van der Waals surface area contributed by atoms with Crippen molar-refractivity contribution < 1.29 is 23.7 Å². The largest absolute Gasteiger partial charge is 0.491 e. The fraction of sp³-hybridized carbons (Fsp3) is 0.720. The molecule has 2 aliphatic rings. The molecule has 2 fully saturated rings. The number of methoxy groups -OCH3 is 1. The van der Waals surface area contributed by atoms with E-state index in [4.69, 9.17) is 18.9 Å². The molecule has 1 spiro atoms. The first kappa shape index (κ1) is 25.0. The van der Waals surface area contributed by atoms with Crippen LogP contribution >= 0.6 is 0 Å². The zero-order valence-corrected chi connectivity index (χ0v) is 20.4. The first-order valence-corrected chi connectivity index (χ1v) is 11.9. The van der Waals surface area contributed by atoms with E-state index in [1.165, 1.54) is 0 Å². The van der Waals surface area contributed by atoms with Gasteiger partial charge in [0.2, 0.25) is 0 Å². The Bertz CT molecular complexity index is 746. The summed E-state index contributed by atoms with van der Waals surface area (Å²) in [5.41, 5.74) is 1.48. The van der Waals surface area contributed by atoms with Crippen LogP contribution in [0.3, 0.4) is 0 Å². The van der Waals surface area contributed by atoms with Gasteiger partial charge in [-0.2, -0.15) is 0 Å². The van der Waals surface area contributed by atoms with E-state index in [9.17, 15) is 4.79 Å². The predicted molar refractivity (Wildman–Crippen MR) is 124 cm³/mol. The van der Waals surface area contributed by atoms with Crippen LogP contribution < -0.4 is 4.74 Å². The molecule has 0 radical (unpaired) electrons. The lowest BCUT2D eigenvalue weighted by molar-refractivity contribution is -0.186. The van der Waals surface area contributed by atoms with Gasteiger partial charge in [-0.15, -0.1) is 0 Å². The average molecular weight is 449 g/mol. The number of carbonyl (C=O) groups excluding carboxylic acids is 1. The third kappa shape index (κ3) is 6.44. The first-order valence-electron chi connectivity index (χ1n) is 11.9. The summed E-state index contributed by atoms with van der Waals surface area (Å²) < 4.78 is 23.3. The van der Waals surface area contributed by atoms with Gasteiger partial charge in [-0.1, -0.05) is 0 Å². The van der Waals surface area contributed by atoms with Crippen molar-refractivity contribution in [3.8, 4) is 5.75 Å². The molecule has 1 unspecified atom stereocenters. The molecule has 0 bridgehead atoms. The number of rotatable bonds is 9. The second-order valence-corrected chi connectivity index (χ2v) is 9.25. The van der Waals surface area contributed by atoms with Crippen LogP contribution in [0.5, 0.6) is 5.75 Å². The molecule has 3 rings (SSSR count). The smallest absolute Gasteiger partial charge is 0.253 e. The Morgan fingerprint density at radius 2 is 2.03 bits per heavy atom. The van der Waals surface area contributed by atoms with Crippen LogP contribution in [0.1, 0.15) is 49.5 Å². The topological polar surface area (TPSA) is 60.5 Å². The molecule has 180 valence electrons. The van der Waals surface area contributed by atoms with E-state index in [1.807, 2.05) is 50.8 Å². The Balaban J connectivity index is 1.62. The summed E-state index contributed by atoms with van der Waals surface area (Å²) in [4.78, 5) is 17.5. The van der Waals surface area contributed by atoms with E-state index in [2.05, 4.69) is 4.90 Å². The van der Waals surface area contributed by atoms with Gasteiger partial charge >= 0.3 is 0 Å². The van der Waals surface area contributed by atoms with E-state index in [1.54, 1.807) is 7.11 Å². The lowest BCUT2D eigenvalue weighted by atomic mass is 9.88. The predicted octanol–water partition coefficient (Wildman–Crippen LogP) is 3.14. The molecule has 7 nitrogen and oxygen atoms in total. The number of benzene rings is 1. The molecule has 0 aromatic heterocycles. The summed E-state index contributed by atoms with van der Waals surface area (Å²) in [6, 6.07) is 5.72. The van der Waals surface area contributed by atoms with Crippen LogP contribution in [0.25, 0.3) is 0 Å². The fourth-order valence-electron chi connectivity index (χ4n) is 4.71. The van der Waals surface area contributed by atoms with Gasteiger partial charge in [-0.05, 0) is 64.3 Å². The molecule has 1 aromatic rings. The number of nitrogens with zero attached hydrogens (tertiary/aromatic N) is 2. The highest BCUT2D eigenvalue weighted by Crippen LogP contribution is 2.33. The maximum atomic E-state index is 13.2. The third-order valence-corrected chi connectivity index (χ3v) is 6.25. The molecular formula is C25H40N2O5. The average Bonchev–Trinajstić information content (AvgIpc) is 2.75. The number of likely N-dealkylation sites (tertiary alicyclic amines) is 1. The monoisotopic (exact) mass is 448 g/mol. The van der Waals surface area contributed by atoms with Crippen LogP contribution in [0.4, 0.5) is 0 Å². The highest BCUT2D eigenvalue weighted by atomic mass is 16.5. The molecule has 2 heterocycles. The third-order valence-electron chi connectivity index (χ3n) is 6.25. The number of hydrogen-bond donors (Lipinski definition) is 0. The molecule has 2 saturated heterocycles. The van der Waals surface area contributed by atoms with Crippen LogP contribution in [-0.2, 0) is 14.2 Å². The lowest BCUT2D eigenvalue weighted by Crippen LogP contribution is -2.61. The SMILES string of the molecule is CCOCCN1CC(COC)OC2(CCN(C(=O)c3ccc(OC(C)C)c(C)c3)CC2)C1. The summed E-state index contributed by atoms with van der Waals surface area (Å²) in [5.74, 6) is 0.914. The minimum atomic E-state index is -0.227. The van der Waals surface area contributed by atoms with Crippen LogP contribution in [0.2, 0.25) is 0 Å². The van der Waals surface area contributed by atoms with Gasteiger partial charge < -0.3 is 23.8 Å². The highest BCUT2D eigenvalue weighted by molar-refractivity contribution is 5.94. The van der Waals surface area contributed by atoms with Crippen molar-refractivity contribution in [3.63, 3.8) is 0 Å². The van der Waals surface area contributed by atoms with Crippen molar-refractivity contribution in [2.45, 2.75) is 58.3 Å². The number of hydrogen-bond acceptors (Lipinski definition) is 6. The van der Waals surface area contributed by atoms with Gasteiger partial charge in [0.15, 0.2) is 0 Å². The molecule has 0 N–H and O–H groups in total. The van der Waals surface area contributed by atoms with E-state index >= 15 is 0 Å². The van der Waals surface area contributed by atoms with Gasteiger partial charge in [0.25, 0.3) is 5.91 Å². The molecule has 7 heteroatoms. The molecule has 32 heavy (non-hydrogen) atoms. The van der Waals surface area contributed by atoms with Crippen LogP contribution in [0, 0.1) is 6.92 Å². The summed E-state index contributed by atoms with van der Waals surface area (Å²) in [6.45, 7) is 14.1. The number of morpholine rings is 1. The number of carbonyl (C=O) groups is 1. The summed E-state index contributed by atoms with van der Waals surface area (Å²) in [6.07, 6.45) is 1.82. The quantitative estimate of drug-likeness (QED) is 0.541. The van der Waals surface area contributed by atoms with Crippen LogP contribution in [0.15, 0.2) is 18.2 Å². The minimum absolute atomic E-state index is 0.0498. The van der Waals surface area contributed by atoms with Gasteiger partial charge in [-0.25, -0.2) is 0 Å². The van der Waals surface area contributed by atoms with Crippen LogP contribution in [-0.4, -0.2) is 93.2 Å². The van der Waals surface area contributed by atoms with Gasteiger partial charge in [0, 0.05) is 52.0 Å². The second-order valence-electron chi connectivity index (χ2n) is 9.25. The Morgan fingerprint density at radius 1 is 1.28 bits per heavy atom. The van der Waals surface area contributed by atoms with Crippen molar-refractivity contribution in [2.75, 3.05) is 59.7 Å². The number of ether oxygens (including phenoxy) is 4. The number of piperidine rings is 1. The maximum absolute atomic E-state index is 13.2. The molecule has 1 aromatic carbocycles. The van der Waals surface area contributed by atoms with Crippen molar-refractivity contribution in [3.05, 3.63) is 29.3 Å². The zero-order valence-electron chi connectivity index (χ0n) is 20.4. The Labute approximate surface area is 192 Å². The molecule has 0 saturated carbocycles. The lowest BCUT2D eigenvalue weighted by Gasteiger charge is -2.50. The van der Waals surface area contributed by atoms with Crippen molar-refractivity contribution in [2.24, 2.45) is 0 Å². The minimum Gasteiger partial charge on any atom is -0.491 e. The molecular weight excluding hydrogens is 408 g/mol. The molecule has 2 aliphatic heterocycles. The van der Waals surface area contributed by atoms with E-state index in [0.29, 0.717) is 19.7 Å². The molecule has 1 atom stereocenters. The van der Waals surface area contributed by atoms with Gasteiger partial charge in [0.1, 0.15) is 5.75 Å². The van der Waals surface area contributed by atoms with E-state index in [0.717, 1.165) is 62.6 Å². The highest BCUT2D eigenvalue weighted by Gasteiger charge is 2.43. The zero-order chi connectivity index (χ0) is 23.1. The second kappa shape index (κ2) is 11.5. The number of amides is 1. The fourth-order valence-corrected chi connectivity index (χ4v) is 4.71. The van der Waals surface area contributed by atoms with E-state index in [-0.39, 0.29) is 23.7 Å². The molecule has 1 amide bonds. The van der Waals surface area contributed by atoms with Gasteiger partial charge in [-0.3, -0.25) is 9.69 Å². The standard InChI is InChI=1S/C25H40N2O5/c1-6-30-14-13-26-16-22(17-29-5)32-25(18-26)9-11-27(12-10-25)24(28)21-7-8-23(20(4)15-21)31-19(2)3/h7-8,15,19,22H,6,9-14,16-18H2,1-5H3. The van der Waals surface area contributed by atoms with Crippen molar-refractivity contribution in [1.29, 1.82) is 0 Å². The van der Waals surface area contributed by atoms with E-state index < -0.39 is 0 Å². The van der Waals surface area contributed by atoms with Gasteiger partial charge in [0.05, 0.1) is 31.0 Å². The normalized spacial score (nSPS) is 21.3. The summed E-state index contributed by atoms with van der Waals surface area (Å²) >= 11 is 0. The Kier molecular flexibility index (Phi) is 8.94.